The molecule has 2 aromatic heterocycles. The summed E-state index contributed by atoms with van der Waals surface area (Å²) in [6.45, 7) is 7.69. The minimum atomic E-state index is 0.201. The van der Waals surface area contributed by atoms with Crippen molar-refractivity contribution < 1.29 is 0 Å². The van der Waals surface area contributed by atoms with Crippen molar-refractivity contribution in [2.45, 2.75) is 46.1 Å². The molecule has 0 bridgehead atoms. The van der Waals surface area contributed by atoms with E-state index >= 15 is 0 Å². The first-order valence-corrected chi connectivity index (χ1v) is 8.32. The van der Waals surface area contributed by atoms with Crippen LogP contribution in [0.3, 0.4) is 0 Å². The number of fused-ring (bicyclic) bond motifs is 1. The van der Waals surface area contributed by atoms with Crippen LogP contribution in [0.5, 0.6) is 0 Å². The lowest BCUT2D eigenvalue weighted by molar-refractivity contribution is 0.581. The number of thiazole rings is 1. The lowest BCUT2D eigenvalue weighted by atomic mass is 10.1. The Morgan fingerprint density at radius 1 is 1.45 bits per heavy atom. The molecule has 0 aromatic carbocycles. The van der Waals surface area contributed by atoms with Crippen LogP contribution in [0.2, 0.25) is 0 Å². The van der Waals surface area contributed by atoms with Gasteiger partial charge in [0.25, 0.3) is 0 Å². The molecule has 0 aliphatic heterocycles. The molecule has 0 saturated heterocycles. The first-order valence-electron chi connectivity index (χ1n) is 7.44. The molecule has 0 radical (unpaired) electrons. The maximum absolute atomic E-state index is 6.16. The Balaban J connectivity index is 2.26. The van der Waals surface area contributed by atoms with Crippen LogP contribution >= 0.6 is 11.3 Å². The van der Waals surface area contributed by atoms with Crippen molar-refractivity contribution in [3.05, 3.63) is 17.3 Å². The lowest BCUT2D eigenvalue weighted by Gasteiger charge is -2.20. The number of aromatic nitrogens is 2. The van der Waals surface area contributed by atoms with E-state index in [0.29, 0.717) is 5.92 Å². The van der Waals surface area contributed by atoms with E-state index in [1.807, 2.05) is 0 Å². The topological polar surface area (TPSA) is 46.6 Å². The lowest BCUT2D eigenvalue weighted by Crippen LogP contribution is -2.26. The number of hydrogen-bond acceptors (Lipinski definition) is 4. The molecule has 0 aliphatic carbocycles. The Kier molecular flexibility index (Phi) is 5.05. The molecule has 112 valence electrons. The summed E-state index contributed by atoms with van der Waals surface area (Å²) in [6, 6.07) is 0.201. The molecule has 2 heterocycles. The van der Waals surface area contributed by atoms with E-state index in [-0.39, 0.29) is 6.04 Å². The van der Waals surface area contributed by atoms with Crippen LogP contribution in [-0.4, -0.2) is 29.0 Å². The molecule has 0 amide bonds. The van der Waals surface area contributed by atoms with Crippen molar-refractivity contribution in [3.8, 4) is 0 Å². The Bertz CT molecular complexity index is 543. The first kappa shape index (κ1) is 15.3. The number of rotatable bonds is 7. The fourth-order valence-electron chi connectivity index (χ4n) is 2.27. The second-order valence-electron chi connectivity index (χ2n) is 5.91. The normalized spacial score (nSPS) is 13.3. The van der Waals surface area contributed by atoms with Crippen LogP contribution < -0.4 is 10.6 Å². The van der Waals surface area contributed by atoms with Gasteiger partial charge in [0.15, 0.2) is 10.8 Å². The fraction of sp³-hybridized carbons (Fsp3) is 0.667. The van der Waals surface area contributed by atoms with Crippen LogP contribution in [-0.2, 0) is 6.42 Å². The third kappa shape index (κ3) is 3.33. The van der Waals surface area contributed by atoms with Gasteiger partial charge in [-0.15, -0.1) is 11.3 Å². The molecule has 1 atom stereocenters. The highest BCUT2D eigenvalue weighted by molar-refractivity contribution is 7.15. The number of imidazole rings is 1. The third-order valence-corrected chi connectivity index (χ3v) is 4.48. The van der Waals surface area contributed by atoms with Crippen LogP contribution in [0.1, 0.15) is 39.3 Å². The van der Waals surface area contributed by atoms with Gasteiger partial charge in [0, 0.05) is 37.6 Å². The summed E-state index contributed by atoms with van der Waals surface area (Å²) in [5.41, 5.74) is 7.41. The summed E-state index contributed by atoms with van der Waals surface area (Å²) >= 11 is 1.68. The van der Waals surface area contributed by atoms with Gasteiger partial charge in [0.05, 0.1) is 5.69 Å². The minimum absolute atomic E-state index is 0.201. The zero-order valence-corrected chi connectivity index (χ0v) is 13.8. The van der Waals surface area contributed by atoms with Gasteiger partial charge in [-0.3, -0.25) is 4.40 Å². The van der Waals surface area contributed by atoms with Gasteiger partial charge in [-0.25, -0.2) is 4.98 Å². The molecule has 2 N–H and O–H groups in total. The van der Waals surface area contributed by atoms with Gasteiger partial charge < -0.3 is 10.6 Å². The fourth-order valence-corrected chi connectivity index (χ4v) is 3.00. The number of anilines is 1. The van der Waals surface area contributed by atoms with Crippen LogP contribution in [0, 0.1) is 5.92 Å². The highest BCUT2D eigenvalue weighted by Gasteiger charge is 2.18. The summed E-state index contributed by atoms with van der Waals surface area (Å²) < 4.78 is 2.20. The maximum atomic E-state index is 6.16. The summed E-state index contributed by atoms with van der Waals surface area (Å²) in [6.07, 6.45) is 5.16. The van der Waals surface area contributed by atoms with Crippen LogP contribution in [0.25, 0.3) is 4.96 Å². The zero-order valence-electron chi connectivity index (χ0n) is 13.0. The molecule has 0 saturated carbocycles. The Morgan fingerprint density at radius 3 is 2.85 bits per heavy atom. The van der Waals surface area contributed by atoms with Gasteiger partial charge in [-0.1, -0.05) is 20.8 Å². The molecule has 5 heteroatoms. The van der Waals surface area contributed by atoms with Crippen LogP contribution in [0.15, 0.2) is 11.6 Å². The average Bonchev–Trinajstić information content (AvgIpc) is 2.98. The smallest absolute Gasteiger partial charge is 0.195 e. The SMILES string of the molecule is CCC(N)Cc1c(N(C)CCC(C)C)nc2sccn12. The van der Waals surface area contributed by atoms with E-state index in [9.17, 15) is 0 Å². The van der Waals surface area contributed by atoms with Crippen LogP contribution in [0.4, 0.5) is 5.82 Å². The highest BCUT2D eigenvalue weighted by Crippen LogP contribution is 2.25. The van der Waals surface area contributed by atoms with Crippen molar-refractivity contribution in [2.24, 2.45) is 11.7 Å². The number of hydrogen-bond donors (Lipinski definition) is 1. The summed E-state index contributed by atoms with van der Waals surface area (Å²) in [4.78, 5) is 8.13. The third-order valence-electron chi connectivity index (χ3n) is 3.72. The maximum Gasteiger partial charge on any atom is 0.195 e. The Hall–Kier alpha value is -1.07. The summed E-state index contributed by atoms with van der Waals surface area (Å²) in [5.74, 6) is 1.81. The Labute approximate surface area is 125 Å². The van der Waals surface area contributed by atoms with Gasteiger partial charge in [0.1, 0.15) is 0 Å². The van der Waals surface area contributed by atoms with Gasteiger partial charge in [-0.05, 0) is 18.8 Å². The molecular weight excluding hydrogens is 268 g/mol. The standard InChI is InChI=1S/C15H26N4S/c1-5-12(16)10-13-14(18(4)7-6-11(2)3)17-15-19(13)8-9-20-15/h8-9,11-12H,5-7,10,16H2,1-4H3. The zero-order chi connectivity index (χ0) is 14.7. The first-order chi connectivity index (χ1) is 9.52. The van der Waals surface area contributed by atoms with Gasteiger partial charge in [-0.2, -0.15) is 0 Å². The number of nitrogens with two attached hydrogens (primary N) is 1. The molecule has 4 nitrogen and oxygen atoms in total. The quantitative estimate of drug-likeness (QED) is 0.853. The molecule has 2 aromatic rings. The molecule has 0 fully saturated rings. The van der Waals surface area contributed by atoms with Crippen molar-refractivity contribution in [1.29, 1.82) is 0 Å². The highest BCUT2D eigenvalue weighted by atomic mass is 32.1. The monoisotopic (exact) mass is 294 g/mol. The van der Waals surface area contributed by atoms with E-state index in [1.54, 1.807) is 11.3 Å². The minimum Gasteiger partial charge on any atom is -0.358 e. The van der Waals surface area contributed by atoms with Crippen molar-refractivity contribution in [2.75, 3.05) is 18.5 Å². The predicted molar refractivity (Wildman–Crippen MR) is 87.8 cm³/mol. The molecule has 2 rings (SSSR count). The van der Waals surface area contributed by atoms with Gasteiger partial charge in [0.2, 0.25) is 0 Å². The molecule has 0 aliphatic rings. The van der Waals surface area contributed by atoms with E-state index in [0.717, 1.165) is 30.2 Å². The second-order valence-corrected chi connectivity index (χ2v) is 6.79. The van der Waals surface area contributed by atoms with Gasteiger partial charge >= 0.3 is 0 Å². The average molecular weight is 294 g/mol. The van der Waals surface area contributed by atoms with Crippen molar-refractivity contribution in [3.63, 3.8) is 0 Å². The van der Waals surface area contributed by atoms with E-state index < -0.39 is 0 Å². The predicted octanol–water partition coefficient (Wildman–Crippen LogP) is 3.16. The largest absolute Gasteiger partial charge is 0.358 e. The summed E-state index contributed by atoms with van der Waals surface area (Å²) in [5, 5.41) is 2.08. The van der Waals surface area contributed by atoms with E-state index in [4.69, 9.17) is 10.7 Å². The van der Waals surface area contributed by atoms with E-state index in [2.05, 4.69) is 48.7 Å². The Morgan fingerprint density at radius 2 is 2.20 bits per heavy atom. The molecular formula is C15H26N4S. The van der Waals surface area contributed by atoms with E-state index in [1.165, 1.54) is 12.1 Å². The molecule has 0 spiro atoms. The van der Waals surface area contributed by atoms with Crippen molar-refractivity contribution >= 4 is 22.1 Å². The molecule has 20 heavy (non-hydrogen) atoms. The van der Waals surface area contributed by atoms with Crippen molar-refractivity contribution in [1.82, 2.24) is 9.38 Å². The number of nitrogens with zero attached hydrogens (tertiary/aromatic N) is 3. The molecule has 1 unspecified atom stereocenters. The summed E-state index contributed by atoms with van der Waals surface area (Å²) in [7, 11) is 2.13. The second kappa shape index (κ2) is 6.59.